The van der Waals surface area contributed by atoms with Gasteiger partial charge in [-0.3, -0.25) is 0 Å². The molecule has 0 spiro atoms. The molecule has 0 saturated carbocycles. The molecule has 0 saturated heterocycles. The highest BCUT2D eigenvalue weighted by atomic mass is 16.5. The van der Waals surface area contributed by atoms with Crippen molar-refractivity contribution >= 4 is 0 Å². The van der Waals surface area contributed by atoms with Crippen molar-refractivity contribution in [2.24, 2.45) is 0 Å². The second-order valence-corrected chi connectivity index (χ2v) is 5.36. The SMILES string of the molecule is CCCCC[C@H](O)c1cccc(COc2ccccc2)c1. The van der Waals surface area contributed by atoms with Crippen molar-refractivity contribution in [3.05, 3.63) is 65.7 Å². The minimum atomic E-state index is -0.367. The van der Waals surface area contributed by atoms with Crippen LogP contribution < -0.4 is 4.74 Å². The van der Waals surface area contributed by atoms with Crippen molar-refractivity contribution in [1.29, 1.82) is 0 Å². The van der Waals surface area contributed by atoms with Crippen molar-refractivity contribution in [2.75, 3.05) is 0 Å². The topological polar surface area (TPSA) is 29.5 Å². The van der Waals surface area contributed by atoms with Gasteiger partial charge in [-0.15, -0.1) is 0 Å². The summed E-state index contributed by atoms with van der Waals surface area (Å²) in [7, 11) is 0. The largest absolute Gasteiger partial charge is 0.489 e. The van der Waals surface area contributed by atoms with Crippen LogP contribution in [-0.2, 0) is 6.61 Å². The molecule has 112 valence electrons. The van der Waals surface area contributed by atoms with E-state index in [1.54, 1.807) is 0 Å². The second-order valence-electron chi connectivity index (χ2n) is 5.36. The van der Waals surface area contributed by atoms with E-state index in [1.807, 2.05) is 54.6 Å². The zero-order chi connectivity index (χ0) is 14.9. The summed E-state index contributed by atoms with van der Waals surface area (Å²) in [6, 6.07) is 17.8. The predicted octanol–water partition coefficient (Wildman–Crippen LogP) is 4.88. The molecule has 0 aromatic heterocycles. The van der Waals surface area contributed by atoms with E-state index < -0.39 is 0 Å². The molecule has 2 nitrogen and oxygen atoms in total. The Morgan fingerprint density at radius 3 is 2.57 bits per heavy atom. The number of hydrogen-bond acceptors (Lipinski definition) is 2. The Kier molecular flexibility index (Phi) is 6.29. The van der Waals surface area contributed by atoms with Crippen LogP contribution in [0.2, 0.25) is 0 Å². The highest BCUT2D eigenvalue weighted by molar-refractivity contribution is 5.26. The molecule has 2 aromatic rings. The van der Waals surface area contributed by atoms with E-state index in [2.05, 4.69) is 6.92 Å². The van der Waals surface area contributed by atoms with Crippen molar-refractivity contribution in [3.8, 4) is 5.75 Å². The maximum atomic E-state index is 10.2. The number of aliphatic hydroxyl groups excluding tert-OH is 1. The zero-order valence-corrected chi connectivity index (χ0v) is 12.7. The molecular weight excluding hydrogens is 260 g/mol. The van der Waals surface area contributed by atoms with Crippen LogP contribution in [0.4, 0.5) is 0 Å². The van der Waals surface area contributed by atoms with Crippen LogP contribution in [0.5, 0.6) is 5.75 Å². The van der Waals surface area contributed by atoms with Gasteiger partial charge in [0.2, 0.25) is 0 Å². The Bertz CT molecular complexity index is 522. The Balaban J connectivity index is 1.91. The highest BCUT2D eigenvalue weighted by Crippen LogP contribution is 2.21. The third-order valence-corrected chi connectivity index (χ3v) is 3.57. The third kappa shape index (κ3) is 5.24. The number of rotatable bonds is 8. The van der Waals surface area contributed by atoms with Crippen molar-refractivity contribution in [3.63, 3.8) is 0 Å². The summed E-state index contributed by atoms with van der Waals surface area (Å²) in [5.74, 6) is 0.867. The lowest BCUT2D eigenvalue weighted by Crippen LogP contribution is -2.00. The molecular formula is C19H24O2. The van der Waals surface area contributed by atoms with Gasteiger partial charge in [0.15, 0.2) is 0 Å². The van der Waals surface area contributed by atoms with E-state index in [1.165, 1.54) is 12.8 Å². The molecule has 0 unspecified atom stereocenters. The summed E-state index contributed by atoms with van der Waals surface area (Å²) in [5, 5.41) is 10.2. The molecule has 0 aliphatic heterocycles. The molecule has 0 aliphatic rings. The maximum absolute atomic E-state index is 10.2. The van der Waals surface area contributed by atoms with Crippen LogP contribution in [0, 0.1) is 0 Å². The summed E-state index contributed by atoms with van der Waals surface area (Å²) in [5.41, 5.74) is 2.08. The van der Waals surface area contributed by atoms with Crippen molar-refractivity contribution < 1.29 is 9.84 Å². The Labute approximate surface area is 127 Å². The number of hydrogen-bond donors (Lipinski definition) is 1. The van der Waals surface area contributed by atoms with E-state index in [4.69, 9.17) is 4.74 Å². The average molecular weight is 284 g/mol. The van der Waals surface area contributed by atoms with E-state index in [0.29, 0.717) is 6.61 Å². The molecule has 0 amide bonds. The van der Waals surface area contributed by atoms with Crippen molar-refractivity contribution in [1.82, 2.24) is 0 Å². The summed E-state index contributed by atoms with van der Waals surface area (Å²) in [4.78, 5) is 0. The monoisotopic (exact) mass is 284 g/mol. The number of unbranched alkanes of at least 4 members (excludes halogenated alkanes) is 2. The van der Waals surface area contributed by atoms with E-state index in [9.17, 15) is 5.11 Å². The quantitative estimate of drug-likeness (QED) is 0.700. The fourth-order valence-electron chi connectivity index (χ4n) is 2.33. The first-order valence-electron chi connectivity index (χ1n) is 7.74. The molecule has 0 bridgehead atoms. The van der Waals surface area contributed by atoms with Crippen LogP contribution in [0.3, 0.4) is 0 Å². The minimum absolute atomic E-state index is 0.367. The average Bonchev–Trinajstić information content (AvgIpc) is 2.54. The molecule has 0 heterocycles. The van der Waals surface area contributed by atoms with Gasteiger partial charge in [0.1, 0.15) is 12.4 Å². The molecule has 2 heteroatoms. The molecule has 2 rings (SSSR count). The Morgan fingerprint density at radius 1 is 1.00 bits per heavy atom. The van der Waals surface area contributed by atoms with E-state index in [-0.39, 0.29) is 6.10 Å². The molecule has 0 fully saturated rings. The summed E-state index contributed by atoms with van der Waals surface area (Å²) >= 11 is 0. The van der Waals surface area contributed by atoms with Gasteiger partial charge < -0.3 is 9.84 Å². The summed E-state index contributed by atoms with van der Waals surface area (Å²) < 4.78 is 5.74. The first-order valence-corrected chi connectivity index (χ1v) is 7.74. The van der Waals surface area contributed by atoms with E-state index >= 15 is 0 Å². The molecule has 0 aliphatic carbocycles. The van der Waals surface area contributed by atoms with Gasteiger partial charge in [0.05, 0.1) is 6.10 Å². The lowest BCUT2D eigenvalue weighted by atomic mass is 10.0. The zero-order valence-electron chi connectivity index (χ0n) is 12.7. The fraction of sp³-hybridized carbons (Fsp3) is 0.368. The van der Waals surface area contributed by atoms with Gasteiger partial charge in [-0.2, -0.15) is 0 Å². The van der Waals surface area contributed by atoms with E-state index in [0.717, 1.165) is 29.7 Å². The van der Waals surface area contributed by atoms with Gasteiger partial charge in [-0.25, -0.2) is 0 Å². The molecule has 21 heavy (non-hydrogen) atoms. The van der Waals surface area contributed by atoms with Gasteiger partial charge >= 0.3 is 0 Å². The molecule has 1 N–H and O–H groups in total. The number of aliphatic hydroxyl groups is 1. The van der Waals surface area contributed by atoms with Gasteiger partial charge in [-0.05, 0) is 35.7 Å². The summed E-state index contributed by atoms with van der Waals surface area (Å²) in [6.45, 7) is 2.70. The summed E-state index contributed by atoms with van der Waals surface area (Å²) in [6.07, 6.45) is 3.89. The first kappa shape index (κ1) is 15.6. The van der Waals surface area contributed by atoms with Crippen molar-refractivity contribution in [2.45, 2.75) is 45.3 Å². The van der Waals surface area contributed by atoms with Crippen LogP contribution in [0.25, 0.3) is 0 Å². The normalized spacial score (nSPS) is 12.1. The van der Waals surface area contributed by atoms with Crippen LogP contribution in [0.1, 0.15) is 49.8 Å². The Morgan fingerprint density at radius 2 is 1.81 bits per heavy atom. The standard InChI is InChI=1S/C19H24O2/c1-2-3-5-13-19(20)17-10-8-9-16(14-17)15-21-18-11-6-4-7-12-18/h4,6-12,14,19-20H,2-3,5,13,15H2,1H3/t19-/m0/s1. The molecule has 1 atom stereocenters. The van der Waals surface area contributed by atoms with Gasteiger partial charge in [0.25, 0.3) is 0 Å². The fourth-order valence-corrected chi connectivity index (χ4v) is 2.33. The number of benzene rings is 2. The Hall–Kier alpha value is -1.80. The first-order chi connectivity index (χ1) is 10.3. The third-order valence-electron chi connectivity index (χ3n) is 3.57. The smallest absolute Gasteiger partial charge is 0.119 e. The van der Waals surface area contributed by atoms with Crippen LogP contribution in [-0.4, -0.2) is 5.11 Å². The lowest BCUT2D eigenvalue weighted by Gasteiger charge is -2.12. The molecule has 0 radical (unpaired) electrons. The maximum Gasteiger partial charge on any atom is 0.119 e. The second kappa shape index (κ2) is 8.48. The molecule has 2 aromatic carbocycles. The van der Waals surface area contributed by atoms with Crippen LogP contribution >= 0.6 is 0 Å². The number of para-hydroxylation sites is 1. The van der Waals surface area contributed by atoms with Gasteiger partial charge in [0, 0.05) is 0 Å². The lowest BCUT2D eigenvalue weighted by molar-refractivity contribution is 0.163. The van der Waals surface area contributed by atoms with Crippen LogP contribution in [0.15, 0.2) is 54.6 Å². The minimum Gasteiger partial charge on any atom is -0.489 e. The number of ether oxygens (including phenoxy) is 1. The predicted molar refractivity (Wildman–Crippen MR) is 86.3 cm³/mol. The van der Waals surface area contributed by atoms with Gasteiger partial charge in [-0.1, -0.05) is 62.6 Å². The highest BCUT2D eigenvalue weighted by Gasteiger charge is 2.07.